The lowest BCUT2D eigenvalue weighted by atomic mass is 10.1. The highest BCUT2D eigenvalue weighted by molar-refractivity contribution is 7.58. The number of aromatic amines is 1. The second-order valence-corrected chi connectivity index (χ2v) is 7.95. The van der Waals surface area contributed by atoms with Crippen LogP contribution < -0.4 is 15.9 Å². The summed E-state index contributed by atoms with van der Waals surface area (Å²) in [6.07, 6.45) is 0.314. The first-order valence-electron chi connectivity index (χ1n) is 8.17. The first kappa shape index (κ1) is 20.0. The van der Waals surface area contributed by atoms with Gasteiger partial charge in [-0.05, 0) is 13.2 Å². The Morgan fingerprint density at radius 3 is 2.85 bits per heavy atom. The molecule has 2 aromatic heterocycles. The van der Waals surface area contributed by atoms with Crippen molar-refractivity contribution in [2.45, 2.75) is 31.5 Å². The highest BCUT2D eigenvalue weighted by Crippen LogP contribution is 2.43. The summed E-state index contributed by atoms with van der Waals surface area (Å²) >= 11 is 0. The van der Waals surface area contributed by atoms with Crippen molar-refractivity contribution in [1.29, 1.82) is 0 Å². The molecule has 2 aromatic rings. The van der Waals surface area contributed by atoms with Crippen molar-refractivity contribution in [2.75, 3.05) is 18.9 Å². The number of rotatable bonds is 6. The summed E-state index contributed by atoms with van der Waals surface area (Å²) in [4.78, 5) is 28.5. The van der Waals surface area contributed by atoms with Gasteiger partial charge < -0.3 is 34.6 Å². The van der Waals surface area contributed by atoms with E-state index in [1.165, 1.54) is 15.5 Å². The van der Waals surface area contributed by atoms with Gasteiger partial charge in [-0.2, -0.15) is 0 Å². The Bertz CT molecular complexity index is 944. The van der Waals surface area contributed by atoms with Crippen LogP contribution in [0.5, 0.6) is 0 Å². The molecule has 0 spiro atoms. The molecule has 5 unspecified atom stereocenters. The van der Waals surface area contributed by atoms with Crippen LogP contribution in [0.25, 0.3) is 11.2 Å². The molecule has 1 aliphatic heterocycles. The molecule has 12 nitrogen and oxygen atoms in total. The van der Waals surface area contributed by atoms with Crippen molar-refractivity contribution in [3.05, 3.63) is 16.7 Å². The first-order chi connectivity index (χ1) is 12.6. The monoisotopic (exact) mass is 404 g/mol. The third-order valence-corrected chi connectivity index (χ3v) is 5.39. The molecule has 0 aromatic carbocycles. The maximum absolute atomic E-state index is 12.1. The lowest BCUT2D eigenvalue weighted by Crippen LogP contribution is -2.46. The van der Waals surface area contributed by atoms with Crippen LogP contribution in [0.3, 0.4) is 0 Å². The number of aliphatic hydroxyl groups is 2. The molecule has 3 rings (SSSR count). The molecule has 1 fully saturated rings. The summed E-state index contributed by atoms with van der Waals surface area (Å²) in [5, 5.41) is 20.7. The summed E-state index contributed by atoms with van der Waals surface area (Å²) in [5.74, 6) is -0.0935. The largest absolute Gasteiger partial charge is 0.387 e. The van der Waals surface area contributed by atoms with Gasteiger partial charge in [-0.15, -0.1) is 0 Å². The number of nitrogens with zero attached hydrogens (tertiary/aromatic N) is 3. The summed E-state index contributed by atoms with van der Waals surface area (Å²) in [6.45, 7) is 1.64. The number of H-pyrrole nitrogens is 1. The van der Waals surface area contributed by atoms with Crippen LogP contribution in [0.15, 0.2) is 11.1 Å². The van der Waals surface area contributed by atoms with E-state index in [9.17, 15) is 19.9 Å². The zero-order valence-electron chi connectivity index (χ0n) is 14.8. The van der Waals surface area contributed by atoms with Crippen LogP contribution >= 0.6 is 7.57 Å². The molecule has 0 bridgehead atoms. The molecule has 6 N–H and O–H groups in total. The number of aliphatic hydroxyl groups excluding tert-OH is 2. The Kier molecular flexibility index (Phi) is 5.41. The van der Waals surface area contributed by atoms with Gasteiger partial charge in [0.15, 0.2) is 6.33 Å². The Morgan fingerprint density at radius 2 is 2.19 bits per heavy atom. The second kappa shape index (κ2) is 7.32. The van der Waals surface area contributed by atoms with E-state index in [1.807, 2.05) is 0 Å². The fourth-order valence-electron chi connectivity index (χ4n) is 2.98. The van der Waals surface area contributed by atoms with Crippen molar-refractivity contribution in [2.24, 2.45) is 7.05 Å². The summed E-state index contributed by atoms with van der Waals surface area (Å²) in [7, 11) is -1.66. The van der Waals surface area contributed by atoms with Gasteiger partial charge in [0.2, 0.25) is 19.3 Å². The number of hydrogen-bond donors (Lipinski definition) is 5. The van der Waals surface area contributed by atoms with Crippen molar-refractivity contribution in [1.82, 2.24) is 14.5 Å². The maximum atomic E-state index is 12.1. The Labute approximate surface area is 154 Å². The van der Waals surface area contributed by atoms with E-state index in [2.05, 4.69) is 16.3 Å². The lowest BCUT2D eigenvalue weighted by Gasteiger charge is -2.20. The van der Waals surface area contributed by atoms with E-state index < -0.39 is 37.7 Å². The standard InChI is InChI=1S/C14H22N5O7P/c1-4-24-27(3,23)25-5-7-9(20)10(21)13(26-7)19-6-18(2)8-11(19)16-14(15)17-12(8)22/h6-7,9-10,13,20-21H,3-5H2,1-2H3,(H3-,15,16,17,22,23)/p+1. The van der Waals surface area contributed by atoms with E-state index >= 15 is 0 Å². The highest BCUT2D eigenvalue weighted by Gasteiger charge is 2.47. The first-order valence-corrected chi connectivity index (χ1v) is 9.93. The van der Waals surface area contributed by atoms with Crippen molar-refractivity contribution < 1.29 is 33.5 Å². The van der Waals surface area contributed by atoms with Crippen LogP contribution in [0.1, 0.15) is 13.2 Å². The number of nitrogens with one attached hydrogen (secondary N) is 1. The smallest absolute Gasteiger partial charge is 0.313 e. The highest BCUT2D eigenvalue weighted by atomic mass is 31.2. The number of fused-ring (bicyclic) bond motifs is 1. The molecule has 0 aliphatic carbocycles. The molecular formula is C14H23N5O7P+. The Balaban J connectivity index is 1.87. The number of aryl methyl sites for hydroxylation is 1. The van der Waals surface area contributed by atoms with Gasteiger partial charge in [0, 0.05) is 0 Å². The second-order valence-electron chi connectivity index (χ2n) is 6.15. The summed E-state index contributed by atoms with van der Waals surface area (Å²) in [6, 6.07) is 0. The van der Waals surface area contributed by atoms with Gasteiger partial charge in [0.25, 0.3) is 11.5 Å². The van der Waals surface area contributed by atoms with E-state index in [-0.39, 0.29) is 30.3 Å². The van der Waals surface area contributed by atoms with Gasteiger partial charge in [-0.3, -0.25) is 14.3 Å². The van der Waals surface area contributed by atoms with Crippen molar-refractivity contribution in [3.63, 3.8) is 0 Å². The molecule has 150 valence electrons. The topological polar surface area (TPSA) is 169 Å². The fourth-order valence-corrected chi connectivity index (χ4v) is 3.84. The average Bonchev–Trinajstić information content (AvgIpc) is 3.04. The van der Waals surface area contributed by atoms with Crippen LogP contribution in [0, 0.1) is 0 Å². The Hall–Kier alpha value is -1.79. The number of imidazole rings is 1. The zero-order valence-corrected chi connectivity index (χ0v) is 15.7. The summed E-state index contributed by atoms with van der Waals surface area (Å²) < 4.78 is 18.8. The van der Waals surface area contributed by atoms with Gasteiger partial charge in [-0.1, -0.05) is 4.98 Å². The number of aromatic nitrogens is 4. The number of hydrogen-bond acceptors (Lipinski definition) is 9. The minimum Gasteiger partial charge on any atom is -0.387 e. The molecular weight excluding hydrogens is 381 g/mol. The predicted octanol–water partition coefficient (Wildman–Crippen LogP) is -2.01. The normalized spacial score (nSPS) is 27.9. The van der Waals surface area contributed by atoms with Gasteiger partial charge in [0.05, 0.1) is 20.3 Å². The van der Waals surface area contributed by atoms with Gasteiger partial charge in [-0.25, -0.2) is 4.57 Å². The molecule has 1 saturated heterocycles. The average molecular weight is 404 g/mol. The predicted molar refractivity (Wildman–Crippen MR) is 95.7 cm³/mol. The quantitative estimate of drug-likeness (QED) is 0.270. The molecule has 13 heteroatoms. The van der Waals surface area contributed by atoms with Crippen LogP contribution in [0.2, 0.25) is 0 Å². The van der Waals surface area contributed by atoms with E-state index in [0.29, 0.717) is 0 Å². The van der Waals surface area contributed by atoms with Gasteiger partial charge >= 0.3 is 5.65 Å². The van der Waals surface area contributed by atoms with E-state index in [4.69, 9.17) is 19.5 Å². The Morgan fingerprint density at radius 1 is 1.48 bits per heavy atom. The minimum absolute atomic E-state index is 0.0935. The van der Waals surface area contributed by atoms with E-state index in [1.54, 1.807) is 14.0 Å². The number of anilines is 1. The molecule has 3 heterocycles. The van der Waals surface area contributed by atoms with Crippen LogP contribution in [-0.4, -0.2) is 67.5 Å². The maximum Gasteiger partial charge on any atom is 0.313 e. The summed E-state index contributed by atoms with van der Waals surface area (Å²) in [5.41, 5.74) is 5.57. The molecule has 1 aliphatic rings. The number of ether oxygens (including phenoxy) is 1. The van der Waals surface area contributed by atoms with E-state index in [0.717, 1.165) is 0 Å². The molecule has 5 atom stereocenters. The molecule has 0 radical (unpaired) electrons. The van der Waals surface area contributed by atoms with Crippen LogP contribution in [-0.2, 0) is 20.8 Å². The number of nitrogens with two attached hydrogens (primary N) is 1. The molecule has 27 heavy (non-hydrogen) atoms. The molecule has 0 amide bonds. The third-order valence-electron chi connectivity index (χ3n) is 4.17. The minimum atomic E-state index is -3.29. The third kappa shape index (κ3) is 3.78. The number of nitrogen functional groups attached to an aromatic ring is 1. The SMILES string of the molecule is C=P(O)(OCC)OCC1OC([n+]2cn(C)c3c(=O)[nH]c(N)nc32)C(O)C1O. The van der Waals surface area contributed by atoms with Gasteiger partial charge in [0.1, 0.15) is 18.3 Å². The zero-order chi connectivity index (χ0) is 19.9. The fraction of sp³-hybridized carbons (Fsp3) is 0.571. The lowest BCUT2D eigenvalue weighted by molar-refractivity contribution is -0.745. The van der Waals surface area contributed by atoms with Crippen LogP contribution in [0.4, 0.5) is 5.95 Å². The van der Waals surface area contributed by atoms with Crippen molar-refractivity contribution >= 4 is 31.0 Å². The van der Waals surface area contributed by atoms with Crippen molar-refractivity contribution in [3.8, 4) is 0 Å². The molecule has 0 saturated carbocycles.